The van der Waals surface area contributed by atoms with Crippen molar-refractivity contribution in [3.63, 3.8) is 0 Å². The summed E-state index contributed by atoms with van der Waals surface area (Å²) < 4.78 is 5.27. The van der Waals surface area contributed by atoms with E-state index in [0.717, 1.165) is 21.0 Å². The average molecular weight is 351 g/mol. The summed E-state index contributed by atoms with van der Waals surface area (Å²) >= 11 is 1.54. The highest BCUT2D eigenvalue weighted by Crippen LogP contribution is 2.24. The third kappa shape index (κ3) is 3.95. The summed E-state index contributed by atoms with van der Waals surface area (Å²) in [6.45, 7) is 2.68. The lowest BCUT2D eigenvalue weighted by Crippen LogP contribution is -2.17. The Morgan fingerprint density at radius 2 is 2.04 bits per heavy atom. The zero-order valence-electron chi connectivity index (χ0n) is 14.0. The summed E-state index contributed by atoms with van der Waals surface area (Å²) in [6, 6.07) is 13.8. The van der Waals surface area contributed by atoms with Crippen LogP contribution < -0.4 is 4.90 Å². The summed E-state index contributed by atoms with van der Waals surface area (Å²) in [5, 5.41) is 8.66. The Kier molecular flexibility index (Phi) is 4.96. The summed E-state index contributed by atoms with van der Waals surface area (Å²) in [5.74, 6) is -0.0709. The van der Waals surface area contributed by atoms with Crippen molar-refractivity contribution in [1.29, 1.82) is 5.26 Å². The van der Waals surface area contributed by atoms with Crippen molar-refractivity contribution >= 4 is 35.0 Å². The summed E-state index contributed by atoms with van der Waals surface area (Å²) in [7, 11) is 1.94. The molecule has 25 heavy (non-hydrogen) atoms. The molecule has 3 rings (SSSR count). The minimum atomic E-state index is -0.434. The highest BCUT2D eigenvalue weighted by Gasteiger charge is 2.24. The molecular formula is C19H17N3O2S. The number of aryl methyl sites for hydroxylation is 1. The van der Waals surface area contributed by atoms with Crippen LogP contribution in [-0.4, -0.2) is 25.5 Å². The van der Waals surface area contributed by atoms with Crippen LogP contribution in [0.15, 0.2) is 47.1 Å². The maximum atomic E-state index is 12.0. The van der Waals surface area contributed by atoms with Crippen molar-refractivity contribution in [2.75, 3.05) is 18.5 Å². The van der Waals surface area contributed by atoms with E-state index in [1.54, 1.807) is 17.4 Å². The van der Waals surface area contributed by atoms with Gasteiger partial charge in [-0.2, -0.15) is 5.26 Å². The van der Waals surface area contributed by atoms with Gasteiger partial charge in [-0.3, -0.25) is 0 Å². The molecule has 2 aromatic rings. The highest BCUT2D eigenvalue weighted by atomic mass is 32.1. The second-order valence-electron chi connectivity index (χ2n) is 5.67. The first-order valence-corrected chi connectivity index (χ1v) is 8.66. The minimum absolute atomic E-state index is 0.298. The van der Waals surface area contributed by atoms with Crippen molar-refractivity contribution in [2.45, 2.75) is 13.3 Å². The summed E-state index contributed by atoms with van der Waals surface area (Å²) in [5.41, 5.74) is 2.19. The van der Waals surface area contributed by atoms with Crippen LogP contribution in [0.4, 0.5) is 5.69 Å². The Balaban J connectivity index is 1.77. The third-order valence-corrected chi connectivity index (χ3v) is 4.76. The topological polar surface area (TPSA) is 65.7 Å². The van der Waals surface area contributed by atoms with Crippen molar-refractivity contribution in [3.8, 4) is 6.07 Å². The zero-order valence-corrected chi connectivity index (χ0v) is 14.8. The van der Waals surface area contributed by atoms with Crippen LogP contribution in [0.25, 0.3) is 6.08 Å². The number of ether oxygens (including phenoxy) is 1. The van der Waals surface area contributed by atoms with Crippen LogP contribution in [0.1, 0.15) is 21.7 Å². The number of cyclic esters (lactones) is 1. The molecule has 0 saturated heterocycles. The number of carbonyl (C=O) groups is 1. The molecule has 0 bridgehead atoms. The lowest BCUT2D eigenvalue weighted by molar-refractivity contribution is -0.129. The molecule has 0 radical (unpaired) electrons. The quantitative estimate of drug-likeness (QED) is 0.608. The molecule has 0 amide bonds. The number of rotatable bonds is 5. The van der Waals surface area contributed by atoms with Crippen LogP contribution in [0.5, 0.6) is 0 Å². The summed E-state index contributed by atoms with van der Waals surface area (Å²) in [6.07, 6.45) is 2.20. The van der Waals surface area contributed by atoms with E-state index in [-0.39, 0.29) is 0 Å². The number of nitriles is 1. The molecule has 0 unspecified atom stereocenters. The maximum absolute atomic E-state index is 12.0. The van der Waals surface area contributed by atoms with E-state index in [9.17, 15) is 4.79 Å². The predicted octanol–water partition coefficient (Wildman–Crippen LogP) is 3.75. The van der Waals surface area contributed by atoms with Crippen LogP contribution >= 0.6 is 11.3 Å². The van der Waals surface area contributed by atoms with Gasteiger partial charge in [0.2, 0.25) is 5.90 Å². The number of anilines is 1. The average Bonchev–Trinajstić information content (AvgIpc) is 3.19. The van der Waals surface area contributed by atoms with E-state index < -0.39 is 5.97 Å². The minimum Gasteiger partial charge on any atom is -0.401 e. The second kappa shape index (κ2) is 7.32. The van der Waals surface area contributed by atoms with Gasteiger partial charge in [-0.1, -0.05) is 12.1 Å². The molecule has 5 nitrogen and oxygen atoms in total. The first-order valence-electron chi connectivity index (χ1n) is 7.84. The highest BCUT2D eigenvalue weighted by molar-refractivity contribution is 7.14. The van der Waals surface area contributed by atoms with Crippen LogP contribution in [0.3, 0.4) is 0 Å². The van der Waals surface area contributed by atoms with Crippen molar-refractivity contribution < 1.29 is 9.53 Å². The van der Waals surface area contributed by atoms with E-state index in [4.69, 9.17) is 10.00 Å². The molecule has 0 aliphatic carbocycles. The van der Waals surface area contributed by atoms with Gasteiger partial charge in [0.1, 0.15) is 0 Å². The molecule has 0 N–H and O–H groups in total. The number of hydrogen-bond donors (Lipinski definition) is 0. The number of carbonyl (C=O) groups excluding carboxylic acids is 1. The lowest BCUT2D eigenvalue weighted by atomic mass is 10.1. The fourth-order valence-corrected chi connectivity index (χ4v) is 3.19. The molecule has 1 aromatic heterocycles. The number of esters is 1. The van der Waals surface area contributed by atoms with E-state index in [1.807, 2.05) is 55.3 Å². The SMILES string of the molecule is Cc1ccc(C2=N/C(=C/c3ccc(N(C)CCC#N)cc3)C(=O)O2)s1. The normalized spacial score (nSPS) is 15.0. The lowest BCUT2D eigenvalue weighted by Gasteiger charge is -2.17. The van der Waals surface area contributed by atoms with Gasteiger partial charge in [0.05, 0.1) is 17.4 Å². The van der Waals surface area contributed by atoms with Crippen LogP contribution in [0.2, 0.25) is 0 Å². The van der Waals surface area contributed by atoms with Gasteiger partial charge in [-0.25, -0.2) is 9.79 Å². The molecule has 0 atom stereocenters. The molecular weight excluding hydrogens is 334 g/mol. The predicted molar refractivity (Wildman–Crippen MR) is 99.6 cm³/mol. The fraction of sp³-hybridized carbons (Fsp3) is 0.211. The Morgan fingerprint density at radius 1 is 1.28 bits per heavy atom. The van der Waals surface area contributed by atoms with E-state index in [2.05, 4.69) is 11.1 Å². The van der Waals surface area contributed by atoms with E-state index in [0.29, 0.717) is 24.6 Å². The van der Waals surface area contributed by atoms with Gasteiger partial charge in [-0.05, 0) is 42.8 Å². The third-order valence-electron chi connectivity index (χ3n) is 3.77. The molecule has 6 heteroatoms. The monoisotopic (exact) mass is 351 g/mol. The fourth-order valence-electron chi connectivity index (χ4n) is 2.39. The Labute approximate surface area is 150 Å². The van der Waals surface area contributed by atoms with E-state index >= 15 is 0 Å². The standard InChI is InChI=1S/C19H17N3O2S/c1-13-4-9-17(25-13)18-21-16(19(23)24-18)12-14-5-7-15(8-6-14)22(2)11-3-10-20/h4-9,12H,3,11H2,1-2H3/b16-12+. The Morgan fingerprint density at radius 3 is 2.68 bits per heavy atom. The number of hydrogen-bond acceptors (Lipinski definition) is 6. The molecule has 2 heterocycles. The van der Waals surface area contributed by atoms with Gasteiger partial charge in [0, 0.05) is 24.2 Å². The molecule has 0 spiro atoms. The Hall–Kier alpha value is -2.91. The first kappa shape index (κ1) is 16.9. The molecule has 1 aromatic carbocycles. The Bertz CT molecular complexity index is 888. The van der Waals surface area contributed by atoms with Crippen LogP contribution in [0, 0.1) is 18.3 Å². The zero-order chi connectivity index (χ0) is 17.8. The van der Waals surface area contributed by atoms with Crippen molar-refractivity contribution in [2.24, 2.45) is 4.99 Å². The number of nitrogens with zero attached hydrogens (tertiary/aromatic N) is 3. The molecule has 0 saturated carbocycles. The largest absolute Gasteiger partial charge is 0.401 e. The van der Waals surface area contributed by atoms with Gasteiger partial charge < -0.3 is 9.64 Å². The van der Waals surface area contributed by atoms with E-state index in [1.165, 1.54) is 0 Å². The second-order valence-corrected chi connectivity index (χ2v) is 6.96. The van der Waals surface area contributed by atoms with Crippen LogP contribution in [-0.2, 0) is 9.53 Å². The number of thiophene rings is 1. The van der Waals surface area contributed by atoms with Crippen molar-refractivity contribution in [3.05, 3.63) is 57.4 Å². The number of benzene rings is 1. The first-order chi connectivity index (χ1) is 12.1. The number of aliphatic imine (C=N–C) groups is 1. The van der Waals surface area contributed by atoms with Gasteiger partial charge in [-0.15, -0.1) is 11.3 Å². The summed E-state index contributed by atoms with van der Waals surface area (Å²) in [4.78, 5) is 20.3. The van der Waals surface area contributed by atoms with Crippen molar-refractivity contribution in [1.82, 2.24) is 0 Å². The van der Waals surface area contributed by atoms with Gasteiger partial charge >= 0.3 is 5.97 Å². The van der Waals surface area contributed by atoms with Gasteiger partial charge in [0.15, 0.2) is 5.70 Å². The molecule has 0 fully saturated rings. The molecule has 126 valence electrons. The van der Waals surface area contributed by atoms with Gasteiger partial charge in [0.25, 0.3) is 0 Å². The molecule has 1 aliphatic heterocycles. The molecule has 1 aliphatic rings. The maximum Gasteiger partial charge on any atom is 0.363 e. The smallest absolute Gasteiger partial charge is 0.363 e.